The van der Waals surface area contributed by atoms with E-state index < -0.39 is 11.5 Å². The average Bonchev–Trinajstić information content (AvgIpc) is 2.48. The summed E-state index contributed by atoms with van der Waals surface area (Å²) >= 11 is 0. The van der Waals surface area contributed by atoms with E-state index in [9.17, 15) is 14.7 Å². The van der Waals surface area contributed by atoms with Crippen LogP contribution in [0.25, 0.3) is 0 Å². The van der Waals surface area contributed by atoms with Gasteiger partial charge in [0, 0.05) is 23.2 Å². The third kappa shape index (κ3) is 1.65. The van der Waals surface area contributed by atoms with Gasteiger partial charge in [-0.15, -0.1) is 0 Å². The number of ketones is 2. The number of hydrogen-bond donors (Lipinski definition) is 1. The number of carbonyl (C=O) groups is 2. The molecule has 0 radical (unpaired) electrons. The van der Waals surface area contributed by atoms with Crippen molar-refractivity contribution in [3.63, 3.8) is 0 Å². The highest BCUT2D eigenvalue weighted by Crippen LogP contribution is 2.70. The van der Waals surface area contributed by atoms with Crippen molar-refractivity contribution in [2.75, 3.05) is 0 Å². The van der Waals surface area contributed by atoms with Crippen LogP contribution in [0.4, 0.5) is 0 Å². The van der Waals surface area contributed by atoms with Crippen molar-refractivity contribution in [3.05, 3.63) is 12.2 Å². The molecule has 0 aliphatic heterocycles. The van der Waals surface area contributed by atoms with E-state index in [1.807, 2.05) is 0 Å². The zero-order chi connectivity index (χ0) is 16.8. The van der Waals surface area contributed by atoms with Crippen LogP contribution in [0.15, 0.2) is 12.2 Å². The highest BCUT2D eigenvalue weighted by Gasteiger charge is 2.69. The van der Waals surface area contributed by atoms with Gasteiger partial charge in [-0.2, -0.15) is 0 Å². The molecule has 2 unspecified atom stereocenters. The van der Waals surface area contributed by atoms with Crippen LogP contribution in [0.3, 0.4) is 0 Å². The van der Waals surface area contributed by atoms with Gasteiger partial charge < -0.3 is 5.11 Å². The Morgan fingerprint density at radius 1 is 1.13 bits per heavy atom. The van der Waals surface area contributed by atoms with Crippen molar-refractivity contribution in [1.82, 2.24) is 0 Å². The Kier molecular flexibility index (Phi) is 2.95. The first-order chi connectivity index (χ1) is 10.6. The fourth-order valence-corrected chi connectivity index (χ4v) is 7.09. The number of rotatable bonds is 0. The van der Waals surface area contributed by atoms with E-state index in [1.54, 1.807) is 0 Å². The fourth-order valence-electron chi connectivity index (χ4n) is 7.09. The van der Waals surface area contributed by atoms with Gasteiger partial charge in [-0.3, -0.25) is 9.59 Å². The lowest BCUT2D eigenvalue weighted by atomic mass is 9.36. The van der Waals surface area contributed by atoms with Crippen LogP contribution >= 0.6 is 0 Å². The van der Waals surface area contributed by atoms with Crippen molar-refractivity contribution >= 4 is 11.6 Å². The van der Waals surface area contributed by atoms with Crippen LogP contribution in [0, 0.1) is 34.0 Å². The second-order valence-electron chi connectivity index (χ2n) is 9.44. The molecule has 23 heavy (non-hydrogen) atoms. The molecule has 3 heteroatoms. The molecule has 5 fully saturated rings. The number of Topliss-reactive ketones (excluding diaryl/α,β-unsaturated/α-hetero) is 2. The monoisotopic (exact) mass is 316 g/mol. The molecule has 0 aromatic rings. The second-order valence-corrected chi connectivity index (χ2v) is 9.44. The van der Waals surface area contributed by atoms with Gasteiger partial charge in [-0.1, -0.05) is 32.9 Å². The van der Waals surface area contributed by atoms with Crippen molar-refractivity contribution < 1.29 is 14.7 Å². The summed E-state index contributed by atoms with van der Waals surface area (Å²) in [4.78, 5) is 25.5. The van der Waals surface area contributed by atoms with E-state index in [4.69, 9.17) is 0 Å². The maximum absolute atomic E-state index is 13.0. The molecule has 0 aromatic carbocycles. The molecule has 5 saturated carbocycles. The summed E-state index contributed by atoms with van der Waals surface area (Å²) in [6.45, 7) is 10.7. The predicted octanol–water partition coefficient (Wildman–Crippen LogP) is 3.30. The smallest absolute Gasteiger partial charge is 0.168 e. The lowest BCUT2D eigenvalue weighted by Crippen LogP contribution is -2.67. The Balaban J connectivity index is 1.81. The van der Waals surface area contributed by atoms with Crippen molar-refractivity contribution in [2.45, 2.75) is 65.4 Å². The summed E-state index contributed by atoms with van der Waals surface area (Å²) in [6.07, 6.45) is 4.06. The van der Waals surface area contributed by atoms with Gasteiger partial charge in [0.05, 0.1) is 0 Å². The molecule has 0 saturated heterocycles. The molecule has 0 heterocycles. The minimum absolute atomic E-state index is 0.0322. The number of carbonyl (C=O) groups excluding carboxylic acids is 2. The Hall–Kier alpha value is -0.960. The van der Waals surface area contributed by atoms with Gasteiger partial charge in [0.25, 0.3) is 0 Å². The molecule has 3 nitrogen and oxygen atoms in total. The molecule has 1 spiro atoms. The molecule has 5 aliphatic rings. The van der Waals surface area contributed by atoms with E-state index in [0.717, 1.165) is 37.7 Å². The Morgan fingerprint density at radius 3 is 2.52 bits per heavy atom. The highest BCUT2D eigenvalue weighted by atomic mass is 16.3. The summed E-state index contributed by atoms with van der Waals surface area (Å²) in [7, 11) is 0. The second kappa shape index (κ2) is 4.36. The molecule has 126 valence electrons. The summed E-state index contributed by atoms with van der Waals surface area (Å²) in [6, 6.07) is 0. The Bertz CT molecular complexity index is 618. The molecule has 2 bridgehead atoms. The van der Waals surface area contributed by atoms with Crippen molar-refractivity contribution in [1.29, 1.82) is 0 Å². The largest absolute Gasteiger partial charge is 0.385 e. The topological polar surface area (TPSA) is 54.4 Å². The summed E-state index contributed by atoms with van der Waals surface area (Å²) in [5, 5.41) is 10.4. The molecule has 5 rings (SSSR count). The van der Waals surface area contributed by atoms with E-state index in [0.29, 0.717) is 24.0 Å². The molecule has 6 atom stereocenters. The van der Waals surface area contributed by atoms with Crippen molar-refractivity contribution in [2.24, 2.45) is 34.0 Å². The molecule has 0 amide bonds. The van der Waals surface area contributed by atoms with Crippen LogP contribution in [0.2, 0.25) is 0 Å². The maximum Gasteiger partial charge on any atom is 0.168 e. The quantitative estimate of drug-likeness (QED) is 0.698. The van der Waals surface area contributed by atoms with Crippen LogP contribution in [0.5, 0.6) is 0 Å². The van der Waals surface area contributed by atoms with Crippen LogP contribution < -0.4 is 0 Å². The minimum atomic E-state index is -0.842. The molecular weight excluding hydrogens is 288 g/mol. The lowest BCUT2D eigenvalue weighted by molar-refractivity contribution is -0.194. The van der Waals surface area contributed by atoms with E-state index in [-0.39, 0.29) is 22.5 Å². The summed E-state index contributed by atoms with van der Waals surface area (Å²) < 4.78 is 0. The first-order valence-electron chi connectivity index (χ1n) is 9.08. The third-order valence-electron chi connectivity index (χ3n) is 8.32. The van der Waals surface area contributed by atoms with Crippen LogP contribution in [0.1, 0.15) is 59.3 Å². The Morgan fingerprint density at radius 2 is 1.83 bits per heavy atom. The summed E-state index contributed by atoms with van der Waals surface area (Å²) in [5.74, 6) is 1.04. The van der Waals surface area contributed by atoms with Gasteiger partial charge in [-0.25, -0.2) is 0 Å². The van der Waals surface area contributed by atoms with Gasteiger partial charge in [-0.05, 0) is 49.4 Å². The standard InChI is InChI=1S/C20H28O3/c1-11-10-20-8-5-13-18(2,3)15(21)6-7-19(13,4)14(20)9-12(11)16(22)17(20)23/h12-14,16,22H,1,5-10H2,2-4H3/t12-,13?,14?,16+,19+,20-/m1/s1. The molecule has 0 aromatic heterocycles. The van der Waals surface area contributed by atoms with Gasteiger partial charge in [0.2, 0.25) is 0 Å². The Labute approximate surface area is 138 Å². The zero-order valence-corrected chi connectivity index (χ0v) is 14.5. The van der Waals surface area contributed by atoms with E-state index in [1.165, 1.54) is 0 Å². The number of aliphatic hydroxyl groups excluding tert-OH is 1. The predicted molar refractivity (Wildman–Crippen MR) is 87.7 cm³/mol. The number of fused-ring (bicyclic) bond motifs is 3. The van der Waals surface area contributed by atoms with Crippen LogP contribution in [-0.4, -0.2) is 22.8 Å². The van der Waals surface area contributed by atoms with Crippen molar-refractivity contribution in [3.8, 4) is 0 Å². The van der Waals surface area contributed by atoms with Crippen LogP contribution in [-0.2, 0) is 9.59 Å². The summed E-state index contributed by atoms with van der Waals surface area (Å²) in [5.41, 5.74) is 0.406. The normalized spacial score (nSPS) is 51.4. The first kappa shape index (κ1) is 15.6. The van der Waals surface area contributed by atoms with E-state index >= 15 is 0 Å². The molecular formula is C20H28O3. The van der Waals surface area contributed by atoms with E-state index in [2.05, 4.69) is 27.4 Å². The van der Waals surface area contributed by atoms with Gasteiger partial charge in [0.1, 0.15) is 11.9 Å². The van der Waals surface area contributed by atoms with Gasteiger partial charge >= 0.3 is 0 Å². The zero-order valence-electron chi connectivity index (χ0n) is 14.5. The average molecular weight is 316 g/mol. The number of aliphatic hydroxyl groups is 1. The SMILES string of the molecule is C=C1C[C@]23CCC4C(C)(C)C(=O)CC[C@]4(C)C2C[C@H]1[C@H](O)C3=O. The first-order valence-corrected chi connectivity index (χ1v) is 9.08. The lowest BCUT2D eigenvalue weighted by Gasteiger charge is -2.67. The molecule has 5 aliphatic carbocycles. The maximum atomic E-state index is 13.0. The minimum Gasteiger partial charge on any atom is -0.385 e. The fraction of sp³-hybridized carbons (Fsp3) is 0.800. The molecule has 1 N–H and O–H groups in total. The third-order valence-corrected chi connectivity index (χ3v) is 8.32. The number of hydrogen-bond acceptors (Lipinski definition) is 3. The highest BCUT2D eigenvalue weighted by molar-refractivity contribution is 5.93. The van der Waals surface area contributed by atoms with Gasteiger partial charge in [0.15, 0.2) is 5.78 Å².